The summed E-state index contributed by atoms with van der Waals surface area (Å²) in [5, 5.41) is 0. The normalized spacial score (nSPS) is 21.3. The van der Waals surface area contributed by atoms with Crippen molar-refractivity contribution < 1.29 is 19.1 Å². The van der Waals surface area contributed by atoms with Crippen molar-refractivity contribution in [2.24, 2.45) is 5.92 Å². The van der Waals surface area contributed by atoms with Crippen LogP contribution in [0, 0.1) is 5.92 Å². The minimum absolute atomic E-state index is 0.00203. The van der Waals surface area contributed by atoms with Crippen LogP contribution in [0.15, 0.2) is 0 Å². The molecule has 0 N–H and O–H groups in total. The summed E-state index contributed by atoms with van der Waals surface area (Å²) in [4.78, 5) is 35.7. The Morgan fingerprint density at radius 2 is 1.94 bits per heavy atom. The average molecular weight is 241 g/mol. The second-order valence-corrected chi connectivity index (χ2v) is 5.33. The van der Waals surface area contributed by atoms with Crippen LogP contribution in [0.5, 0.6) is 0 Å². The molecule has 0 bridgehead atoms. The minimum atomic E-state index is -0.621. The molecule has 1 aliphatic rings. The van der Waals surface area contributed by atoms with Gasteiger partial charge in [-0.3, -0.25) is 9.59 Å². The first-order chi connectivity index (χ1) is 7.70. The molecule has 2 amide bonds. The smallest absolute Gasteiger partial charge is 0.417 e. The zero-order valence-corrected chi connectivity index (χ0v) is 10.8. The number of nitrogens with zero attached hydrogens (tertiary/aromatic N) is 1. The van der Waals surface area contributed by atoms with E-state index in [0.717, 1.165) is 4.90 Å². The highest BCUT2D eigenvalue weighted by Crippen LogP contribution is 2.21. The molecule has 5 nitrogen and oxygen atoms in total. The first-order valence-corrected chi connectivity index (χ1v) is 5.74. The standard InChI is InChI=1S/C12H19NO4/c1-8(14)9-5-6-13(10(15)7-9)11(16)17-12(2,3)4/h9H,5-7H2,1-4H3. The highest BCUT2D eigenvalue weighted by Gasteiger charge is 2.34. The number of imide groups is 1. The second-order valence-electron chi connectivity index (χ2n) is 5.33. The van der Waals surface area contributed by atoms with Crippen LogP contribution < -0.4 is 0 Å². The molecule has 5 heteroatoms. The maximum atomic E-state index is 11.7. The summed E-state index contributed by atoms with van der Waals surface area (Å²) >= 11 is 0. The van der Waals surface area contributed by atoms with Crippen LogP contribution in [-0.4, -0.2) is 34.8 Å². The van der Waals surface area contributed by atoms with Crippen molar-refractivity contribution in [2.45, 2.75) is 46.1 Å². The van der Waals surface area contributed by atoms with Crippen molar-refractivity contribution in [1.29, 1.82) is 0 Å². The van der Waals surface area contributed by atoms with Gasteiger partial charge in [0.2, 0.25) is 5.91 Å². The lowest BCUT2D eigenvalue weighted by atomic mass is 9.93. The van der Waals surface area contributed by atoms with Crippen LogP contribution in [-0.2, 0) is 14.3 Å². The minimum Gasteiger partial charge on any atom is -0.443 e. The SMILES string of the molecule is CC(=O)C1CCN(C(=O)OC(C)(C)C)C(=O)C1. The summed E-state index contributed by atoms with van der Waals surface area (Å²) in [6.07, 6.45) is 0.0130. The molecule has 1 saturated heterocycles. The molecule has 1 rings (SSSR count). The zero-order chi connectivity index (χ0) is 13.2. The van der Waals surface area contributed by atoms with E-state index >= 15 is 0 Å². The molecule has 1 aliphatic heterocycles. The Balaban J connectivity index is 2.61. The van der Waals surface area contributed by atoms with Gasteiger partial charge in [0, 0.05) is 18.9 Å². The van der Waals surface area contributed by atoms with Crippen LogP contribution in [0.4, 0.5) is 4.79 Å². The third kappa shape index (κ3) is 3.84. The fourth-order valence-electron chi connectivity index (χ4n) is 1.69. The molecule has 0 aromatic carbocycles. The van der Waals surface area contributed by atoms with Gasteiger partial charge in [0.1, 0.15) is 11.4 Å². The van der Waals surface area contributed by atoms with E-state index < -0.39 is 11.7 Å². The number of ether oxygens (including phenoxy) is 1. The van der Waals surface area contributed by atoms with Gasteiger partial charge in [-0.15, -0.1) is 0 Å². The van der Waals surface area contributed by atoms with Crippen LogP contribution in [0.3, 0.4) is 0 Å². The molecule has 0 saturated carbocycles. The number of carbonyl (C=O) groups excluding carboxylic acids is 3. The number of hydrogen-bond acceptors (Lipinski definition) is 4. The summed E-state index contributed by atoms with van der Waals surface area (Å²) < 4.78 is 5.12. The van der Waals surface area contributed by atoms with E-state index in [-0.39, 0.29) is 30.6 Å². The largest absolute Gasteiger partial charge is 0.443 e. The lowest BCUT2D eigenvalue weighted by Crippen LogP contribution is -2.46. The lowest BCUT2D eigenvalue weighted by Gasteiger charge is -2.31. The molecule has 0 spiro atoms. The molecule has 0 aromatic rings. The number of amides is 2. The summed E-state index contributed by atoms with van der Waals surface area (Å²) in [7, 11) is 0. The Labute approximate surface area is 101 Å². The van der Waals surface area contributed by atoms with Crippen molar-refractivity contribution in [1.82, 2.24) is 4.90 Å². The number of carbonyl (C=O) groups is 3. The van der Waals surface area contributed by atoms with Crippen LogP contribution in [0.1, 0.15) is 40.5 Å². The van der Waals surface area contributed by atoms with Gasteiger partial charge in [-0.25, -0.2) is 9.69 Å². The molecule has 1 fully saturated rings. The van der Waals surface area contributed by atoms with Gasteiger partial charge in [-0.1, -0.05) is 0 Å². The Morgan fingerprint density at radius 1 is 1.35 bits per heavy atom. The average Bonchev–Trinajstić information content (AvgIpc) is 2.14. The quantitative estimate of drug-likeness (QED) is 0.701. The molecule has 96 valence electrons. The second kappa shape index (κ2) is 4.85. The fourth-order valence-corrected chi connectivity index (χ4v) is 1.69. The molecule has 1 unspecified atom stereocenters. The van der Waals surface area contributed by atoms with E-state index in [9.17, 15) is 14.4 Å². The molecule has 0 aromatic heterocycles. The topological polar surface area (TPSA) is 63.7 Å². The zero-order valence-electron chi connectivity index (χ0n) is 10.8. The first kappa shape index (κ1) is 13.7. The summed E-state index contributed by atoms with van der Waals surface area (Å²) in [5.74, 6) is -0.575. The van der Waals surface area contributed by atoms with E-state index in [1.165, 1.54) is 6.92 Å². The van der Waals surface area contributed by atoms with E-state index in [4.69, 9.17) is 4.74 Å². The summed E-state index contributed by atoms with van der Waals surface area (Å²) in [6.45, 7) is 6.98. The Hall–Kier alpha value is -1.39. The van der Waals surface area contributed by atoms with E-state index in [0.29, 0.717) is 6.42 Å². The fraction of sp³-hybridized carbons (Fsp3) is 0.750. The van der Waals surface area contributed by atoms with Gasteiger partial charge in [-0.2, -0.15) is 0 Å². The van der Waals surface area contributed by atoms with Crippen molar-refractivity contribution in [3.63, 3.8) is 0 Å². The lowest BCUT2D eigenvalue weighted by molar-refractivity contribution is -0.138. The molecule has 0 aliphatic carbocycles. The highest BCUT2D eigenvalue weighted by molar-refractivity contribution is 5.95. The van der Waals surface area contributed by atoms with Crippen LogP contribution in [0.25, 0.3) is 0 Å². The summed E-state index contributed by atoms with van der Waals surface area (Å²) in [5.41, 5.74) is -0.616. The van der Waals surface area contributed by atoms with Crippen LogP contribution in [0.2, 0.25) is 0 Å². The van der Waals surface area contributed by atoms with E-state index in [2.05, 4.69) is 0 Å². The third-order valence-corrected chi connectivity index (χ3v) is 2.61. The van der Waals surface area contributed by atoms with Gasteiger partial charge in [0.15, 0.2) is 0 Å². The van der Waals surface area contributed by atoms with Crippen molar-refractivity contribution in [2.75, 3.05) is 6.54 Å². The van der Waals surface area contributed by atoms with Crippen molar-refractivity contribution >= 4 is 17.8 Å². The van der Waals surface area contributed by atoms with Crippen LogP contribution >= 0.6 is 0 Å². The number of Topliss-reactive ketones (excluding diaryl/α,β-unsaturated/α-hetero) is 1. The molecule has 1 heterocycles. The summed E-state index contributed by atoms with van der Waals surface area (Å²) in [6, 6.07) is 0. The van der Waals surface area contributed by atoms with Gasteiger partial charge in [0.05, 0.1) is 0 Å². The predicted molar refractivity (Wildman–Crippen MR) is 61.4 cm³/mol. The van der Waals surface area contributed by atoms with E-state index in [1.54, 1.807) is 20.8 Å². The monoisotopic (exact) mass is 241 g/mol. The first-order valence-electron chi connectivity index (χ1n) is 5.74. The van der Waals surface area contributed by atoms with Gasteiger partial charge >= 0.3 is 6.09 Å². The predicted octanol–water partition coefficient (Wildman–Crippen LogP) is 1.75. The molecule has 17 heavy (non-hydrogen) atoms. The van der Waals surface area contributed by atoms with Crippen molar-refractivity contribution in [3.8, 4) is 0 Å². The van der Waals surface area contributed by atoms with Gasteiger partial charge in [0.25, 0.3) is 0 Å². The number of ketones is 1. The Morgan fingerprint density at radius 3 is 2.35 bits per heavy atom. The maximum Gasteiger partial charge on any atom is 0.417 e. The van der Waals surface area contributed by atoms with Gasteiger partial charge in [-0.05, 0) is 34.1 Å². The number of piperidine rings is 1. The molecular formula is C12H19NO4. The number of likely N-dealkylation sites (tertiary alicyclic amines) is 1. The molecular weight excluding hydrogens is 222 g/mol. The van der Waals surface area contributed by atoms with Gasteiger partial charge < -0.3 is 4.74 Å². The molecule has 1 atom stereocenters. The van der Waals surface area contributed by atoms with E-state index in [1.807, 2.05) is 0 Å². The third-order valence-electron chi connectivity index (χ3n) is 2.61. The van der Waals surface area contributed by atoms with Crippen molar-refractivity contribution in [3.05, 3.63) is 0 Å². The Kier molecular flexibility index (Phi) is 3.91. The number of hydrogen-bond donors (Lipinski definition) is 0. The maximum absolute atomic E-state index is 11.7. The highest BCUT2D eigenvalue weighted by atomic mass is 16.6. The number of rotatable bonds is 1. The Bertz CT molecular complexity index is 343. The molecule has 0 radical (unpaired) electrons.